The highest BCUT2D eigenvalue weighted by Crippen LogP contribution is 2.42. The van der Waals surface area contributed by atoms with Crippen molar-refractivity contribution in [3.05, 3.63) is 42.4 Å². The number of fused-ring (bicyclic) bond motifs is 1. The molecule has 0 spiro atoms. The second-order valence-electron chi connectivity index (χ2n) is 7.02. The molecule has 1 aliphatic carbocycles. The third kappa shape index (κ3) is 3.97. The SMILES string of the molecule is CCSc1cc(C2CC2)cnc1-c1ncc2c(OCC(F)(F)C(F)(F)F)cccn12. The van der Waals surface area contributed by atoms with Crippen molar-refractivity contribution in [2.45, 2.75) is 42.7 Å². The summed E-state index contributed by atoms with van der Waals surface area (Å²) < 4.78 is 70.2. The molecule has 0 amide bonds. The number of halogens is 5. The molecule has 0 aliphatic heterocycles. The molecule has 10 heteroatoms. The zero-order chi connectivity index (χ0) is 21.5. The lowest BCUT2D eigenvalue weighted by Crippen LogP contribution is -2.41. The minimum atomic E-state index is -5.68. The van der Waals surface area contributed by atoms with Crippen molar-refractivity contribution in [2.75, 3.05) is 12.4 Å². The van der Waals surface area contributed by atoms with Gasteiger partial charge in [-0.1, -0.05) is 6.92 Å². The molecule has 0 unspecified atom stereocenters. The summed E-state index contributed by atoms with van der Waals surface area (Å²) in [5.74, 6) is -3.23. The first kappa shape index (κ1) is 20.9. The van der Waals surface area contributed by atoms with E-state index < -0.39 is 18.7 Å². The van der Waals surface area contributed by atoms with Crippen LogP contribution in [-0.2, 0) is 0 Å². The first-order valence-corrected chi connectivity index (χ1v) is 10.4. The Labute approximate surface area is 173 Å². The van der Waals surface area contributed by atoms with Crippen molar-refractivity contribution in [3.63, 3.8) is 0 Å². The number of thioether (sulfide) groups is 1. The lowest BCUT2D eigenvalue weighted by atomic mass is 10.2. The fourth-order valence-electron chi connectivity index (χ4n) is 3.08. The van der Waals surface area contributed by atoms with Crippen LogP contribution in [0.1, 0.15) is 31.2 Å². The lowest BCUT2D eigenvalue weighted by Gasteiger charge is -2.20. The predicted octanol–water partition coefficient (Wildman–Crippen LogP) is 5.96. The van der Waals surface area contributed by atoms with Gasteiger partial charge in [0.25, 0.3) is 0 Å². The van der Waals surface area contributed by atoms with Crippen LogP contribution < -0.4 is 4.74 Å². The first-order chi connectivity index (χ1) is 14.2. The minimum absolute atomic E-state index is 0.112. The third-order valence-corrected chi connectivity index (χ3v) is 5.70. The molecule has 3 aromatic rings. The van der Waals surface area contributed by atoms with E-state index in [-0.39, 0.29) is 11.3 Å². The Morgan fingerprint density at radius 2 is 1.93 bits per heavy atom. The number of ether oxygens (including phenoxy) is 1. The third-order valence-electron chi connectivity index (χ3n) is 4.79. The maximum absolute atomic E-state index is 13.2. The largest absolute Gasteiger partial charge is 0.485 e. The summed E-state index contributed by atoms with van der Waals surface area (Å²) >= 11 is 1.62. The summed E-state index contributed by atoms with van der Waals surface area (Å²) in [6.07, 6.45) is 1.46. The van der Waals surface area contributed by atoms with Gasteiger partial charge in [0.1, 0.15) is 17.0 Å². The molecule has 30 heavy (non-hydrogen) atoms. The van der Waals surface area contributed by atoms with Crippen molar-refractivity contribution in [2.24, 2.45) is 0 Å². The minimum Gasteiger partial charge on any atom is -0.485 e. The standard InChI is InChI=1S/C20H18F5N3OS/c1-2-30-16-8-13(12-5-6-12)9-26-17(16)18-27-10-14-15(4-3-7-28(14)18)29-11-19(21,22)20(23,24)25/h3-4,7-10,12H,2,5-6,11H2,1H3. The molecule has 160 valence electrons. The van der Waals surface area contributed by atoms with Crippen LogP contribution in [0, 0.1) is 0 Å². The van der Waals surface area contributed by atoms with Gasteiger partial charge in [-0.2, -0.15) is 22.0 Å². The Hall–Kier alpha value is -2.36. The topological polar surface area (TPSA) is 39.4 Å². The highest BCUT2D eigenvalue weighted by atomic mass is 32.2. The smallest absolute Gasteiger partial charge is 0.456 e. The Kier molecular flexibility index (Phi) is 5.37. The van der Waals surface area contributed by atoms with Crippen molar-refractivity contribution in [1.82, 2.24) is 14.4 Å². The Bertz CT molecular complexity index is 1060. The average Bonchev–Trinajstić information content (AvgIpc) is 3.45. The van der Waals surface area contributed by atoms with Crippen molar-refractivity contribution >= 4 is 17.3 Å². The van der Waals surface area contributed by atoms with Crippen LogP contribution in [0.3, 0.4) is 0 Å². The first-order valence-electron chi connectivity index (χ1n) is 9.38. The molecule has 1 saturated carbocycles. The second kappa shape index (κ2) is 7.72. The van der Waals surface area contributed by atoms with E-state index in [9.17, 15) is 22.0 Å². The van der Waals surface area contributed by atoms with Gasteiger partial charge in [-0.05, 0) is 48.3 Å². The number of imidazole rings is 1. The number of aromatic nitrogens is 3. The average molecular weight is 443 g/mol. The number of rotatable bonds is 7. The molecule has 0 aromatic carbocycles. The van der Waals surface area contributed by atoms with Crippen molar-refractivity contribution in [1.29, 1.82) is 0 Å². The van der Waals surface area contributed by atoms with E-state index in [0.29, 0.717) is 17.4 Å². The fraction of sp³-hybridized carbons (Fsp3) is 0.400. The van der Waals surface area contributed by atoms with Crippen LogP contribution in [-0.4, -0.2) is 38.8 Å². The van der Waals surface area contributed by atoms with Crippen LogP contribution in [0.5, 0.6) is 5.75 Å². The molecular weight excluding hydrogens is 425 g/mol. The normalized spacial score (nSPS) is 15.0. The van der Waals surface area contributed by atoms with Crippen LogP contribution in [0.2, 0.25) is 0 Å². The number of hydrogen-bond donors (Lipinski definition) is 0. The predicted molar refractivity (Wildman–Crippen MR) is 103 cm³/mol. The summed E-state index contributed by atoms with van der Waals surface area (Å²) in [5, 5.41) is 0. The Balaban J connectivity index is 1.68. The van der Waals surface area contributed by atoms with Crippen LogP contribution in [0.15, 0.2) is 41.7 Å². The molecule has 3 aromatic heterocycles. The van der Waals surface area contributed by atoms with E-state index in [1.54, 1.807) is 22.4 Å². The summed E-state index contributed by atoms with van der Waals surface area (Å²) in [7, 11) is 0. The van der Waals surface area contributed by atoms with E-state index in [0.717, 1.165) is 23.5 Å². The number of pyridine rings is 2. The molecule has 4 nitrogen and oxygen atoms in total. The summed E-state index contributed by atoms with van der Waals surface area (Å²) in [6.45, 7) is 0.219. The second-order valence-corrected chi connectivity index (χ2v) is 8.33. The lowest BCUT2D eigenvalue weighted by molar-refractivity contribution is -0.289. The molecule has 3 heterocycles. The van der Waals surface area contributed by atoms with Gasteiger partial charge in [-0.15, -0.1) is 11.8 Å². The van der Waals surface area contributed by atoms with Crippen molar-refractivity contribution in [3.8, 4) is 17.3 Å². The zero-order valence-corrected chi connectivity index (χ0v) is 16.7. The van der Waals surface area contributed by atoms with Gasteiger partial charge in [0, 0.05) is 17.3 Å². The molecular formula is C20H18F5N3OS. The molecule has 0 radical (unpaired) electrons. The molecule has 0 N–H and O–H groups in total. The van der Waals surface area contributed by atoms with E-state index in [4.69, 9.17) is 4.74 Å². The van der Waals surface area contributed by atoms with Crippen LogP contribution >= 0.6 is 11.8 Å². The Morgan fingerprint density at radius 3 is 2.60 bits per heavy atom. The van der Waals surface area contributed by atoms with E-state index in [1.165, 1.54) is 23.9 Å². The molecule has 0 bridgehead atoms. The van der Waals surface area contributed by atoms with E-state index in [1.807, 2.05) is 13.1 Å². The molecule has 4 rings (SSSR count). The summed E-state index contributed by atoms with van der Waals surface area (Å²) in [5.41, 5.74) is 2.09. The number of hydrogen-bond acceptors (Lipinski definition) is 4. The quantitative estimate of drug-likeness (QED) is 0.334. The van der Waals surface area contributed by atoms with Gasteiger partial charge >= 0.3 is 12.1 Å². The maximum atomic E-state index is 13.2. The van der Waals surface area contributed by atoms with E-state index in [2.05, 4.69) is 16.0 Å². The number of nitrogens with zero attached hydrogens (tertiary/aromatic N) is 3. The fourth-order valence-corrected chi connectivity index (χ4v) is 3.89. The number of alkyl halides is 5. The van der Waals surface area contributed by atoms with Gasteiger partial charge in [0.15, 0.2) is 12.4 Å². The highest BCUT2D eigenvalue weighted by Gasteiger charge is 2.58. The maximum Gasteiger partial charge on any atom is 0.456 e. The van der Waals surface area contributed by atoms with Crippen LogP contribution in [0.25, 0.3) is 17.0 Å². The highest BCUT2D eigenvalue weighted by molar-refractivity contribution is 7.99. The van der Waals surface area contributed by atoms with Gasteiger partial charge in [-0.3, -0.25) is 9.38 Å². The zero-order valence-electron chi connectivity index (χ0n) is 15.9. The Morgan fingerprint density at radius 1 is 1.17 bits per heavy atom. The van der Waals surface area contributed by atoms with Gasteiger partial charge < -0.3 is 4.74 Å². The van der Waals surface area contributed by atoms with Crippen LogP contribution in [0.4, 0.5) is 22.0 Å². The molecule has 0 saturated heterocycles. The van der Waals surface area contributed by atoms with E-state index >= 15 is 0 Å². The molecule has 1 aliphatic rings. The van der Waals surface area contributed by atoms with Crippen molar-refractivity contribution < 1.29 is 26.7 Å². The monoisotopic (exact) mass is 443 g/mol. The molecule has 0 atom stereocenters. The summed E-state index contributed by atoms with van der Waals surface area (Å²) in [4.78, 5) is 9.88. The van der Waals surface area contributed by atoms with Gasteiger partial charge in [0.2, 0.25) is 0 Å². The molecule has 1 fully saturated rings. The van der Waals surface area contributed by atoms with Gasteiger partial charge in [0.05, 0.1) is 6.20 Å². The summed E-state index contributed by atoms with van der Waals surface area (Å²) in [6, 6.07) is 4.93. The van der Waals surface area contributed by atoms with Gasteiger partial charge in [-0.25, -0.2) is 4.98 Å².